The van der Waals surface area contributed by atoms with Crippen molar-refractivity contribution in [1.29, 1.82) is 0 Å². The molecular formula is C7H18N2O2. The van der Waals surface area contributed by atoms with Crippen molar-refractivity contribution in [3.63, 3.8) is 0 Å². The molecule has 3 N–H and O–H groups in total. The maximum atomic E-state index is 9.23. The summed E-state index contributed by atoms with van der Waals surface area (Å²) in [6.45, 7) is 5.44. The van der Waals surface area contributed by atoms with Crippen LogP contribution in [0.4, 0.5) is 0 Å². The molecule has 0 aliphatic carbocycles. The van der Waals surface area contributed by atoms with Crippen LogP contribution in [0.5, 0.6) is 0 Å². The zero-order chi connectivity index (χ0) is 9.07. The van der Waals surface area contributed by atoms with Gasteiger partial charge in [0.05, 0.1) is 6.67 Å². The number of aliphatic hydroxyl groups is 2. The Bertz CT molecular complexity index is 109. The first-order valence-electron chi connectivity index (χ1n) is 3.68. The third-order valence-electron chi connectivity index (χ3n) is 1.40. The molecule has 0 heterocycles. The van der Waals surface area contributed by atoms with E-state index in [-0.39, 0.29) is 0 Å². The fourth-order valence-corrected chi connectivity index (χ4v) is 0.450. The third-order valence-corrected chi connectivity index (χ3v) is 1.40. The van der Waals surface area contributed by atoms with Crippen molar-refractivity contribution in [2.24, 2.45) is 0 Å². The summed E-state index contributed by atoms with van der Waals surface area (Å²) in [4.78, 5) is 1.68. The Kier molecular flexibility index (Phi) is 3.96. The van der Waals surface area contributed by atoms with Gasteiger partial charge in [0, 0.05) is 0 Å². The third kappa shape index (κ3) is 6.25. The van der Waals surface area contributed by atoms with Gasteiger partial charge in [-0.3, -0.25) is 10.2 Å². The highest BCUT2D eigenvalue weighted by atomic mass is 16.3. The van der Waals surface area contributed by atoms with Crippen molar-refractivity contribution in [3.05, 3.63) is 0 Å². The van der Waals surface area contributed by atoms with E-state index in [0.717, 1.165) is 0 Å². The monoisotopic (exact) mass is 162 g/mol. The molecule has 0 aromatic heterocycles. The Hall–Kier alpha value is -0.160. The van der Waals surface area contributed by atoms with E-state index in [9.17, 15) is 5.11 Å². The Labute approximate surface area is 67.8 Å². The summed E-state index contributed by atoms with van der Waals surface area (Å²) in [5, 5.41) is 21.1. The Morgan fingerprint density at radius 3 is 2.27 bits per heavy atom. The van der Waals surface area contributed by atoms with Crippen LogP contribution < -0.4 is 5.32 Å². The number of nitrogens with zero attached hydrogens (tertiary/aromatic N) is 1. The molecule has 11 heavy (non-hydrogen) atoms. The molecule has 0 spiro atoms. The average molecular weight is 162 g/mol. The van der Waals surface area contributed by atoms with E-state index in [1.165, 1.54) is 0 Å². The first-order valence-corrected chi connectivity index (χ1v) is 3.68. The summed E-state index contributed by atoms with van der Waals surface area (Å²) in [5.41, 5.74) is -0.886. The van der Waals surface area contributed by atoms with Crippen LogP contribution in [-0.2, 0) is 0 Å². The maximum absolute atomic E-state index is 9.23. The van der Waals surface area contributed by atoms with E-state index in [0.29, 0.717) is 6.67 Å². The zero-order valence-electron chi connectivity index (χ0n) is 7.63. The van der Waals surface area contributed by atoms with Crippen molar-refractivity contribution < 1.29 is 10.2 Å². The van der Waals surface area contributed by atoms with Crippen LogP contribution in [0, 0.1) is 0 Å². The highest BCUT2D eigenvalue weighted by Crippen LogP contribution is 1.95. The molecule has 0 aliphatic heterocycles. The van der Waals surface area contributed by atoms with Gasteiger partial charge in [-0.2, -0.15) is 0 Å². The SMILES string of the molecule is CC(O)N(C)CNC(C)(C)O. The lowest BCUT2D eigenvalue weighted by atomic mass is 10.3. The molecule has 0 saturated carbocycles. The van der Waals surface area contributed by atoms with Crippen molar-refractivity contribution in [2.75, 3.05) is 13.7 Å². The van der Waals surface area contributed by atoms with E-state index in [4.69, 9.17) is 5.11 Å². The van der Waals surface area contributed by atoms with Gasteiger partial charge in [-0.1, -0.05) is 0 Å². The predicted molar refractivity (Wildman–Crippen MR) is 43.7 cm³/mol. The molecule has 0 saturated heterocycles. The first-order chi connectivity index (χ1) is 4.83. The van der Waals surface area contributed by atoms with Crippen LogP contribution in [0.3, 0.4) is 0 Å². The van der Waals surface area contributed by atoms with Gasteiger partial charge in [0.1, 0.15) is 12.0 Å². The second kappa shape index (κ2) is 4.01. The van der Waals surface area contributed by atoms with Crippen molar-refractivity contribution in [3.8, 4) is 0 Å². The van der Waals surface area contributed by atoms with Gasteiger partial charge >= 0.3 is 0 Å². The minimum absolute atomic E-state index is 0.459. The molecule has 0 bridgehead atoms. The summed E-state index contributed by atoms with van der Waals surface area (Å²) in [7, 11) is 1.77. The van der Waals surface area contributed by atoms with Gasteiger partial charge < -0.3 is 10.2 Å². The number of hydrogen-bond donors (Lipinski definition) is 3. The standard InChI is InChI=1S/C7H18N2O2/c1-6(10)9(4)5-8-7(2,3)11/h6,8,10-11H,5H2,1-4H3. The van der Waals surface area contributed by atoms with Gasteiger partial charge in [-0.05, 0) is 27.8 Å². The minimum Gasteiger partial charge on any atom is -0.379 e. The quantitative estimate of drug-likeness (QED) is 0.489. The predicted octanol–water partition coefficient (Wildman–Crippen LogP) is -0.468. The smallest absolute Gasteiger partial charge is 0.111 e. The number of hydrogen-bond acceptors (Lipinski definition) is 4. The second-order valence-electron chi connectivity index (χ2n) is 3.28. The van der Waals surface area contributed by atoms with Crippen molar-refractivity contribution in [1.82, 2.24) is 10.2 Å². The molecule has 0 aliphatic rings. The zero-order valence-corrected chi connectivity index (χ0v) is 7.63. The van der Waals surface area contributed by atoms with Gasteiger partial charge in [0.15, 0.2) is 0 Å². The topological polar surface area (TPSA) is 55.7 Å². The molecular weight excluding hydrogens is 144 g/mol. The fourth-order valence-electron chi connectivity index (χ4n) is 0.450. The van der Waals surface area contributed by atoms with Crippen LogP contribution >= 0.6 is 0 Å². The summed E-state index contributed by atoms with van der Waals surface area (Å²) >= 11 is 0. The van der Waals surface area contributed by atoms with Gasteiger partial charge in [-0.15, -0.1) is 0 Å². The lowest BCUT2D eigenvalue weighted by Gasteiger charge is -2.26. The largest absolute Gasteiger partial charge is 0.379 e. The van der Waals surface area contributed by atoms with Crippen molar-refractivity contribution in [2.45, 2.75) is 32.7 Å². The Morgan fingerprint density at radius 2 is 2.00 bits per heavy atom. The second-order valence-corrected chi connectivity index (χ2v) is 3.28. The molecule has 0 aromatic rings. The minimum atomic E-state index is -0.886. The van der Waals surface area contributed by atoms with E-state index < -0.39 is 12.0 Å². The van der Waals surface area contributed by atoms with Crippen LogP contribution in [0.2, 0.25) is 0 Å². The number of aliphatic hydroxyl groups excluding tert-OH is 1. The molecule has 0 amide bonds. The maximum Gasteiger partial charge on any atom is 0.111 e. The lowest BCUT2D eigenvalue weighted by Crippen LogP contribution is -2.47. The van der Waals surface area contributed by atoms with Crippen LogP contribution in [0.1, 0.15) is 20.8 Å². The molecule has 1 unspecified atom stereocenters. The molecule has 1 atom stereocenters. The summed E-state index contributed by atoms with van der Waals surface area (Å²) in [6, 6.07) is 0. The molecule has 0 fully saturated rings. The molecule has 4 nitrogen and oxygen atoms in total. The van der Waals surface area contributed by atoms with Gasteiger partial charge in [0.25, 0.3) is 0 Å². The number of nitrogens with one attached hydrogen (secondary N) is 1. The number of rotatable bonds is 4. The van der Waals surface area contributed by atoms with E-state index in [2.05, 4.69) is 5.32 Å². The van der Waals surface area contributed by atoms with E-state index >= 15 is 0 Å². The fraction of sp³-hybridized carbons (Fsp3) is 1.00. The Balaban J connectivity index is 3.54. The highest BCUT2D eigenvalue weighted by molar-refractivity contribution is 4.61. The van der Waals surface area contributed by atoms with Crippen LogP contribution in [-0.4, -0.2) is 40.8 Å². The molecule has 0 aromatic carbocycles. The average Bonchev–Trinajstić information content (AvgIpc) is 1.80. The Morgan fingerprint density at radius 1 is 1.55 bits per heavy atom. The molecule has 0 radical (unpaired) electrons. The summed E-state index contributed by atoms with van der Waals surface area (Å²) in [5.74, 6) is 0. The van der Waals surface area contributed by atoms with E-state index in [1.54, 1.807) is 32.7 Å². The van der Waals surface area contributed by atoms with Crippen molar-refractivity contribution >= 4 is 0 Å². The van der Waals surface area contributed by atoms with Gasteiger partial charge in [-0.25, -0.2) is 0 Å². The molecule has 0 rings (SSSR count). The van der Waals surface area contributed by atoms with Crippen LogP contribution in [0.15, 0.2) is 0 Å². The summed E-state index contributed by atoms with van der Waals surface area (Å²) in [6.07, 6.45) is -0.496. The van der Waals surface area contributed by atoms with Crippen LogP contribution in [0.25, 0.3) is 0 Å². The molecule has 68 valence electrons. The van der Waals surface area contributed by atoms with Gasteiger partial charge in [0.2, 0.25) is 0 Å². The summed E-state index contributed by atoms with van der Waals surface area (Å²) < 4.78 is 0. The highest BCUT2D eigenvalue weighted by Gasteiger charge is 2.12. The first kappa shape index (κ1) is 10.8. The lowest BCUT2D eigenvalue weighted by molar-refractivity contribution is -0.0117. The normalized spacial score (nSPS) is 15.5. The molecule has 4 heteroatoms. The van der Waals surface area contributed by atoms with E-state index in [1.807, 2.05) is 0 Å².